The molecule has 1 aromatic heterocycles. The van der Waals surface area contributed by atoms with Gasteiger partial charge in [0.15, 0.2) is 11.0 Å². The zero-order chi connectivity index (χ0) is 21.2. The first-order valence-electron chi connectivity index (χ1n) is 9.90. The third-order valence-electron chi connectivity index (χ3n) is 5.91. The Balaban J connectivity index is 1.94. The van der Waals surface area contributed by atoms with Gasteiger partial charge in [0.2, 0.25) is 5.76 Å². The Morgan fingerprint density at radius 1 is 1.07 bits per heavy atom. The molecule has 5 rings (SSSR count). The van der Waals surface area contributed by atoms with E-state index >= 15 is 0 Å². The van der Waals surface area contributed by atoms with Gasteiger partial charge in [-0.1, -0.05) is 30.3 Å². The van der Waals surface area contributed by atoms with Gasteiger partial charge in [-0.2, -0.15) is 0 Å². The van der Waals surface area contributed by atoms with Gasteiger partial charge in [-0.3, -0.25) is 14.4 Å². The van der Waals surface area contributed by atoms with E-state index in [1.165, 1.54) is 4.90 Å². The summed E-state index contributed by atoms with van der Waals surface area (Å²) in [4.78, 5) is 43.8. The summed E-state index contributed by atoms with van der Waals surface area (Å²) >= 11 is 0. The number of rotatable bonds is 3. The number of likely N-dealkylation sites (N-methyl/N-ethyl adjacent to an activating group) is 1. The molecule has 0 saturated carbocycles. The highest BCUT2D eigenvalue weighted by Gasteiger charge is 2.64. The lowest BCUT2D eigenvalue weighted by Gasteiger charge is -2.34. The van der Waals surface area contributed by atoms with Crippen LogP contribution in [0.3, 0.4) is 0 Å². The number of β-amino-alcohol motifs (C(OH)–C–C–N with tert-alkyl or cyclic N) is 1. The summed E-state index contributed by atoms with van der Waals surface area (Å²) in [5, 5.41) is 10.4. The molecule has 7 nitrogen and oxygen atoms in total. The largest absolute Gasteiger partial charge is 0.450 e. The van der Waals surface area contributed by atoms with Crippen LogP contribution in [0.15, 0.2) is 57.7 Å². The van der Waals surface area contributed by atoms with Crippen molar-refractivity contribution in [3.8, 4) is 0 Å². The smallest absolute Gasteiger partial charge is 0.291 e. The molecular weight excluding hydrogens is 384 g/mol. The summed E-state index contributed by atoms with van der Waals surface area (Å²) in [6.45, 7) is 3.64. The highest BCUT2D eigenvalue weighted by atomic mass is 16.3. The third kappa shape index (κ3) is 2.10. The maximum atomic E-state index is 13.9. The SMILES string of the molecule is CCN1C(=O)C2(c3ccccc31)c1c(oc3ccccc3c1=O)C(=O)N2CC(C)O. The molecule has 30 heavy (non-hydrogen) atoms. The molecule has 7 heteroatoms. The molecule has 0 fully saturated rings. The van der Waals surface area contributed by atoms with Crippen LogP contribution in [0.4, 0.5) is 5.69 Å². The number of aliphatic hydroxyl groups is 1. The summed E-state index contributed by atoms with van der Waals surface area (Å²) in [6, 6.07) is 13.8. The highest BCUT2D eigenvalue weighted by Crippen LogP contribution is 2.52. The Kier molecular flexibility index (Phi) is 3.88. The van der Waals surface area contributed by atoms with E-state index in [-0.39, 0.29) is 29.4 Å². The van der Waals surface area contributed by atoms with Crippen LogP contribution in [0.2, 0.25) is 0 Å². The highest BCUT2D eigenvalue weighted by molar-refractivity contribution is 6.17. The van der Waals surface area contributed by atoms with Gasteiger partial charge in [-0.15, -0.1) is 0 Å². The van der Waals surface area contributed by atoms with Crippen LogP contribution in [-0.2, 0) is 10.3 Å². The Morgan fingerprint density at radius 3 is 2.50 bits per heavy atom. The van der Waals surface area contributed by atoms with Crippen molar-refractivity contribution in [1.29, 1.82) is 0 Å². The van der Waals surface area contributed by atoms with Crippen LogP contribution in [-0.4, -0.2) is 41.0 Å². The number of hydrogen-bond acceptors (Lipinski definition) is 5. The Labute approximate surface area is 172 Å². The first-order valence-corrected chi connectivity index (χ1v) is 9.90. The minimum Gasteiger partial charge on any atom is -0.450 e. The summed E-state index contributed by atoms with van der Waals surface area (Å²) in [5.74, 6) is -1.10. The predicted octanol–water partition coefficient (Wildman–Crippen LogP) is 2.24. The molecule has 0 bridgehead atoms. The molecule has 1 N–H and O–H groups in total. The van der Waals surface area contributed by atoms with Gasteiger partial charge >= 0.3 is 0 Å². The summed E-state index contributed by atoms with van der Waals surface area (Å²) in [6.07, 6.45) is -0.903. The third-order valence-corrected chi connectivity index (χ3v) is 5.91. The average Bonchev–Trinajstić information content (AvgIpc) is 3.13. The fraction of sp³-hybridized carbons (Fsp3) is 0.261. The number of anilines is 1. The van der Waals surface area contributed by atoms with Gasteiger partial charge in [0, 0.05) is 18.7 Å². The van der Waals surface area contributed by atoms with Crippen LogP contribution in [0.1, 0.15) is 35.5 Å². The predicted molar refractivity (Wildman–Crippen MR) is 110 cm³/mol. The van der Waals surface area contributed by atoms with Crippen molar-refractivity contribution in [2.45, 2.75) is 25.5 Å². The molecular formula is C23H20N2O5. The first kappa shape index (κ1) is 18.6. The molecule has 2 aliphatic heterocycles. The van der Waals surface area contributed by atoms with E-state index in [9.17, 15) is 19.5 Å². The van der Waals surface area contributed by atoms with E-state index in [4.69, 9.17) is 4.42 Å². The first-order chi connectivity index (χ1) is 14.4. The Bertz CT molecular complexity index is 1280. The maximum absolute atomic E-state index is 13.9. The van der Waals surface area contributed by atoms with Crippen molar-refractivity contribution in [2.75, 3.05) is 18.0 Å². The molecule has 0 saturated heterocycles. The molecule has 3 heterocycles. The number of carbonyl (C=O) groups excluding carboxylic acids is 2. The summed E-state index contributed by atoms with van der Waals surface area (Å²) in [5.41, 5.74) is -0.550. The minimum atomic E-state index is -1.65. The monoisotopic (exact) mass is 404 g/mol. The fourth-order valence-corrected chi connectivity index (χ4v) is 4.77. The standard InChI is InChI=1S/C23H20N2O5/c1-3-24-16-10-6-5-9-15(16)23(22(24)29)18-19(27)14-8-4-7-11-17(14)30-20(18)21(28)25(23)12-13(2)26/h4-11,13,26H,3,12H2,1-2H3. The van der Waals surface area contributed by atoms with Gasteiger partial charge in [-0.25, -0.2) is 0 Å². The second kappa shape index (κ2) is 6.27. The van der Waals surface area contributed by atoms with Crippen molar-refractivity contribution < 1.29 is 19.1 Å². The van der Waals surface area contributed by atoms with E-state index in [2.05, 4.69) is 0 Å². The number of benzene rings is 2. The molecule has 2 amide bonds. The van der Waals surface area contributed by atoms with Gasteiger partial charge in [0.25, 0.3) is 11.8 Å². The molecule has 0 aliphatic carbocycles. The Hall–Kier alpha value is -3.45. The summed E-state index contributed by atoms with van der Waals surface area (Å²) in [7, 11) is 0. The van der Waals surface area contributed by atoms with Gasteiger partial charge in [0.05, 0.1) is 22.7 Å². The molecule has 2 unspecified atom stereocenters. The van der Waals surface area contributed by atoms with Crippen molar-refractivity contribution >= 4 is 28.5 Å². The topological polar surface area (TPSA) is 91.1 Å². The number of carbonyl (C=O) groups is 2. The van der Waals surface area contributed by atoms with Crippen LogP contribution >= 0.6 is 0 Å². The molecule has 2 aromatic carbocycles. The van der Waals surface area contributed by atoms with Gasteiger partial charge < -0.3 is 19.3 Å². The molecule has 3 aromatic rings. The molecule has 0 radical (unpaired) electrons. The van der Waals surface area contributed by atoms with E-state index in [1.54, 1.807) is 54.3 Å². The van der Waals surface area contributed by atoms with Gasteiger partial charge in [0.1, 0.15) is 5.58 Å². The summed E-state index contributed by atoms with van der Waals surface area (Å²) < 4.78 is 5.88. The van der Waals surface area contributed by atoms with Crippen molar-refractivity contribution in [3.05, 3.63) is 75.6 Å². The lowest BCUT2D eigenvalue weighted by atomic mass is 9.84. The van der Waals surface area contributed by atoms with Crippen LogP contribution in [0.25, 0.3) is 11.0 Å². The van der Waals surface area contributed by atoms with Gasteiger partial charge in [-0.05, 0) is 32.0 Å². The molecule has 2 aliphatic rings. The van der Waals surface area contributed by atoms with Crippen molar-refractivity contribution in [1.82, 2.24) is 4.90 Å². The number of fused-ring (bicyclic) bond motifs is 5. The second-order valence-electron chi connectivity index (χ2n) is 7.67. The van der Waals surface area contributed by atoms with E-state index in [1.807, 2.05) is 13.0 Å². The van der Waals surface area contributed by atoms with Crippen molar-refractivity contribution in [2.24, 2.45) is 0 Å². The zero-order valence-electron chi connectivity index (χ0n) is 16.6. The molecule has 1 spiro atoms. The second-order valence-corrected chi connectivity index (χ2v) is 7.67. The number of amides is 2. The van der Waals surface area contributed by atoms with E-state index in [0.717, 1.165) is 0 Å². The number of nitrogens with zero attached hydrogens (tertiary/aromatic N) is 2. The van der Waals surface area contributed by atoms with Crippen LogP contribution in [0, 0.1) is 0 Å². The Morgan fingerprint density at radius 2 is 1.77 bits per heavy atom. The van der Waals surface area contributed by atoms with E-state index in [0.29, 0.717) is 23.2 Å². The lowest BCUT2D eigenvalue weighted by molar-refractivity contribution is -0.126. The minimum absolute atomic E-state index is 0.0280. The zero-order valence-corrected chi connectivity index (χ0v) is 16.6. The average molecular weight is 404 g/mol. The number of aliphatic hydroxyl groups excluding tert-OH is 1. The maximum Gasteiger partial charge on any atom is 0.291 e. The molecule has 2 atom stereocenters. The van der Waals surface area contributed by atoms with Crippen molar-refractivity contribution in [3.63, 3.8) is 0 Å². The fourth-order valence-electron chi connectivity index (χ4n) is 4.77. The van der Waals surface area contributed by atoms with E-state index < -0.39 is 23.0 Å². The number of hydrogen-bond donors (Lipinski definition) is 1. The van der Waals surface area contributed by atoms with Crippen LogP contribution < -0.4 is 10.3 Å². The lowest BCUT2D eigenvalue weighted by Crippen LogP contribution is -2.55. The number of para-hydroxylation sites is 2. The molecule has 152 valence electrons. The quantitative estimate of drug-likeness (QED) is 0.723. The van der Waals surface area contributed by atoms with Crippen LogP contribution in [0.5, 0.6) is 0 Å². The normalized spacial score (nSPS) is 20.9.